The van der Waals surface area contributed by atoms with Crippen LogP contribution in [0.4, 0.5) is 18.9 Å². The molecule has 33 heavy (non-hydrogen) atoms. The predicted octanol–water partition coefficient (Wildman–Crippen LogP) is 5.81. The van der Waals surface area contributed by atoms with Gasteiger partial charge in [-0.1, -0.05) is 17.7 Å². The number of alkyl halides is 3. The molecule has 0 radical (unpaired) electrons. The molecule has 5 N–H and O–H groups in total. The van der Waals surface area contributed by atoms with Crippen LogP contribution in [0.3, 0.4) is 0 Å². The molecule has 4 rings (SSSR count). The fraction of sp³-hybridized carbons (Fsp3) is 0.400. The Morgan fingerprint density at radius 3 is 2.73 bits per heavy atom. The van der Waals surface area contributed by atoms with E-state index in [4.69, 9.17) is 27.2 Å². The number of aromatic nitrogens is 1. The monoisotopic (exact) mass is 584 g/mol. The van der Waals surface area contributed by atoms with Gasteiger partial charge in [-0.15, -0.1) is 22.7 Å². The van der Waals surface area contributed by atoms with Gasteiger partial charge < -0.3 is 21.5 Å². The summed E-state index contributed by atoms with van der Waals surface area (Å²) in [5, 5.41) is 16.7. The van der Waals surface area contributed by atoms with E-state index in [1.165, 1.54) is 9.75 Å². The molecule has 0 aliphatic carbocycles. The maximum absolute atomic E-state index is 10.6. The topological polar surface area (TPSA) is 100 Å². The number of carbonyl (C=O) groups is 1. The molecule has 0 amide bonds. The number of thiophene rings is 2. The third kappa shape index (κ3) is 6.80. The fourth-order valence-electron chi connectivity index (χ4n) is 3.38. The summed E-state index contributed by atoms with van der Waals surface area (Å²) in [7, 11) is 0. The van der Waals surface area contributed by atoms with Gasteiger partial charge in [-0.05, 0) is 53.3 Å². The number of pyridine rings is 1. The summed E-state index contributed by atoms with van der Waals surface area (Å²) in [4.78, 5) is 16.0. The van der Waals surface area contributed by atoms with Crippen LogP contribution >= 0.6 is 50.2 Å². The molecule has 2 atom stereocenters. The Hall–Kier alpha value is -1.44. The Balaban J connectivity index is 0.000000383. The van der Waals surface area contributed by atoms with Gasteiger partial charge in [-0.2, -0.15) is 13.2 Å². The van der Waals surface area contributed by atoms with Crippen molar-refractivity contribution in [3.8, 4) is 0 Å². The van der Waals surface area contributed by atoms with Gasteiger partial charge in [-0.25, -0.2) is 9.78 Å². The summed E-state index contributed by atoms with van der Waals surface area (Å²) < 4.78 is 33.9. The summed E-state index contributed by atoms with van der Waals surface area (Å²) in [6, 6.07) is 6.27. The molecule has 0 bridgehead atoms. The first kappa shape index (κ1) is 26.2. The van der Waals surface area contributed by atoms with E-state index in [1.807, 2.05) is 6.07 Å². The molecule has 1 aliphatic rings. The SMILES string of the molecule is N[C@H]1CCNCC[C@@H]1c1sc2c(NCc3cccs3)cc(Cl)nc2c1Br.O=C(O)C(F)(F)F. The van der Waals surface area contributed by atoms with Crippen LogP contribution in [0.25, 0.3) is 10.2 Å². The lowest BCUT2D eigenvalue weighted by Crippen LogP contribution is -2.28. The lowest BCUT2D eigenvalue weighted by Gasteiger charge is -2.19. The zero-order valence-electron chi connectivity index (χ0n) is 17.1. The van der Waals surface area contributed by atoms with Crippen LogP contribution < -0.4 is 16.4 Å². The number of halogens is 5. The van der Waals surface area contributed by atoms with Crippen molar-refractivity contribution in [2.24, 2.45) is 5.73 Å². The number of aliphatic carboxylic acids is 1. The minimum atomic E-state index is -5.08. The minimum absolute atomic E-state index is 0.160. The van der Waals surface area contributed by atoms with Crippen LogP contribution in [0.2, 0.25) is 5.15 Å². The molecule has 13 heteroatoms. The molecule has 0 aromatic carbocycles. The first-order valence-corrected chi connectivity index (χ1v) is 12.8. The van der Waals surface area contributed by atoms with Gasteiger partial charge in [-0.3, -0.25) is 0 Å². The number of hydrogen-bond acceptors (Lipinski definition) is 7. The molecular weight excluding hydrogens is 565 g/mol. The lowest BCUT2D eigenvalue weighted by molar-refractivity contribution is -0.192. The second kappa shape index (κ2) is 11.3. The Bertz CT molecular complexity index is 1100. The predicted molar refractivity (Wildman–Crippen MR) is 130 cm³/mol. The van der Waals surface area contributed by atoms with Crippen molar-refractivity contribution in [2.45, 2.75) is 37.5 Å². The highest BCUT2D eigenvalue weighted by molar-refractivity contribution is 9.10. The summed E-state index contributed by atoms with van der Waals surface area (Å²) >= 11 is 13.6. The van der Waals surface area contributed by atoms with Gasteiger partial charge in [0, 0.05) is 34.3 Å². The summed E-state index contributed by atoms with van der Waals surface area (Å²) in [5.74, 6) is -2.42. The highest BCUT2D eigenvalue weighted by atomic mass is 79.9. The number of carboxylic acid groups (broad SMARTS) is 1. The first-order valence-electron chi connectivity index (χ1n) is 9.89. The van der Waals surface area contributed by atoms with Crippen LogP contribution in [0.5, 0.6) is 0 Å². The van der Waals surface area contributed by atoms with Gasteiger partial charge in [0.1, 0.15) is 5.15 Å². The second-order valence-corrected chi connectivity index (χ2v) is 10.5. The molecule has 4 heterocycles. The van der Waals surface area contributed by atoms with Crippen molar-refractivity contribution in [3.63, 3.8) is 0 Å². The van der Waals surface area contributed by atoms with Gasteiger partial charge in [0.15, 0.2) is 0 Å². The smallest absolute Gasteiger partial charge is 0.475 e. The number of nitrogens with one attached hydrogen (secondary N) is 2. The molecule has 3 aromatic rings. The zero-order chi connectivity index (χ0) is 24.2. The van der Waals surface area contributed by atoms with Crippen molar-refractivity contribution < 1.29 is 23.1 Å². The minimum Gasteiger partial charge on any atom is -0.475 e. The Morgan fingerprint density at radius 2 is 2.09 bits per heavy atom. The Morgan fingerprint density at radius 1 is 1.39 bits per heavy atom. The van der Waals surface area contributed by atoms with E-state index >= 15 is 0 Å². The molecule has 0 unspecified atom stereocenters. The van der Waals surface area contributed by atoms with Gasteiger partial charge in [0.05, 0.1) is 20.4 Å². The maximum Gasteiger partial charge on any atom is 0.490 e. The van der Waals surface area contributed by atoms with E-state index in [0.717, 1.165) is 52.9 Å². The van der Waals surface area contributed by atoms with E-state index in [0.29, 0.717) is 11.1 Å². The van der Waals surface area contributed by atoms with Gasteiger partial charge in [0.25, 0.3) is 0 Å². The van der Waals surface area contributed by atoms with Crippen LogP contribution in [0.1, 0.15) is 28.5 Å². The quantitative estimate of drug-likeness (QED) is 0.288. The van der Waals surface area contributed by atoms with Crippen molar-refractivity contribution in [2.75, 3.05) is 18.4 Å². The second-order valence-electron chi connectivity index (χ2n) is 7.28. The van der Waals surface area contributed by atoms with E-state index in [2.05, 4.69) is 49.1 Å². The number of anilines is 1. The number of carboxylic acids is 1. The molecule has 1 saturated heterocycles. The normalized spacial score (nSPS) is 19.0. The van der Waals surface area contributed by atoms with Crippen LogP contribution in [-0.4, -0.2) is 41.4 Å². The summed E-state index contributed by atoms with van der Waals surface area (Å²) in [6.07, 6.45) is -3.05. The van der Waals surface area contributed by atoms with Crippen molar-refractivity contribution in [1.82, 2.24) is 10.3 Å². The van der Waals surface area contributed by atoms with E-state index < -0.39 is 12.1 Å². The number of fused-ring (bicyclic) bond motifs is 1. The van der Waals surface area contributed by atoms with Gasteiger partial charge in [0.2, 0.25) is 0 Å². The standard InChI is InChI=1S/C18H20BrClN4S2.C2HF3O2/c19-15-16-18(26-17(15)11-3-5-22-6-4-12(11)21)13(8-14(20)24-16)23-9-10-2-1-7-25-10;3-2(4,5)1(6)7/h1-2,7-8,11-12,22H,3-6,9,21H2,(H,23,24);(H,6,7)/t11-,12-;/m0./s1. The average molecular weight is 586 g/mol. The average Bonchev–Trinajstić information content (AvgIpc) is 3.31. The van der Waals surface area contributed by atoms with Crippen LogP contribution in [0.15, 0.2) is 28.1 Å². The first-order chi connectivity index (χ1) is 15.6. The Labute approximate surface area is 209 Å². The summed E-state index contributed by atoms with van der Waals surface area (Å²) in [5.41, 5.74) is 8.44. The largest absolute Gasteiger partial charge is 0.490 e. The van der Waals surface area contributed by atoms with Crippen molar-refractivity contribution >= 4 is 72.1 Å². The van der Waals surface area contributed by atoms with E-state index in [-0.39, 0.29) is 6.04 Å². The number of nitrogens with two attached hydrogens (primary N) is 1. The Kier molecular flexibility index (Phi) is 8.98. The highest BCUT2D eigenvalue weighted by Gasteiger charge is 2.38. The van der Waals surface area contributed by atoms with Crippen LogP contribution in [0, 0.1) is 0 Å². The van der Waals surface area contributed by atoms with E-state index in [9.17, 15) is 13.2 Å². The number of rotatable bonds is 4. The molecule has 0 spiro atoms. The fourth-order valence-corrected chi connectivity index (χ4v) is 6.51. The molecule has 0 saturated carbocycles. The van der Waals surface area contributed by atoms with Crippen molar-refractivity contribution in [3.05, 3.63) is 43.0 Å². The van der Waals surface area contributed by atoms with Crippen molar-refractivity contribution in [1.29, 1.82) is 0 Å². The lowest BCUT2D eigenvalue weighted by atomic mass is 9.94. The third-order valence-electron chi connectivity index (χ3n) is 4.99. The van der Waals surface area contributed by atoms with Crippen LogP contribution in [-0.2, 0) is 11.3 Å². The number of nitrogens with zero attached hydrogens (tertiary/aromatic N) is 1. The summed E-state index contributed by atoms with van der Waals surface area (Å²) in [6.45, 7) is 2.76. The number of hydrogen-bond donors (Lipinski definition) is 4. The maximum atomic E-state index is 10.6. The molecular formula is C20H21BrClF3N4O2S2. The molecule has 3 aromatic heterocycles. The third-order valence-corrected chi connectivity index (χ3v) is 8.47. The molecule has 6 nitrogen and oxygen atoms in total. The van der Waals surface area contributed by atoms with E-state index in [1.54, 1.807) is 22.7 Å². The zero-order valence-corrected chi connectivity index (χ0v) is 21.1. The molecule has 1 aliphatic heterocycles. The molecule has 180 valence electrons. The molecule has 1 fully saturated rings. The highest BCUT2D eigenvalue weighted by Crippen LogP contribution is 2.45. The van der Waals surface area contributed by atoms with Gasteiger partial charge >= 0.3 is 12.1 Å².